The maximum atomic E-state index is 12.8. The summed E-state index contributed by atoms with van der Waals surface area (Å²) in [4.78, 5) is 0.848. The van der Waals surface area contributed by atoms with Crippen molar-refractivity contribution in [3.8, 4) is 0 Å². The van der Waals surface area contributed by atoms with Crippen LogP contribution in [0.3, 0.4) is 0 Å². The smallest absolute Gasteiger partial charge is 0.0622 e. The molecule has 3 unspecified atom stereocenters. The van der Waals surface area contributed by atoms with Gasteiger partial charge in [-0.15, -0.1) is 0 Å². The molecule has 0 aromatic heterocycles. The molecule has 3 atom stereocenters. The quantitative estimate of drug-likeness (QED) is 0.848. The van der Waals surface area contributed by atoms with Gasteiger partial charge < -0.3 is 5.73 Å². The third-order valence-electron chi connectivity index (χ3n) is 4.02. The molecule has 3 heteroatoms. The van der Waals surface area contributed by atoms with Crippen molar-refractivity contribution in [1.29, 1.82) is 0 Å². The van der Waals surface area contributed by atoms with Crippen LogP contribution in [-0.4, -0.2) is 9.46 Å². The molecule has 0 spiro atoms. The topological polar surface area (TPSA) is 43.1 Å². The minimum atomic E-state index is -0.947. The minimum Gasteiger partial charge on any atom is -0.398 e. The SMILES string of the molecule is CCC1CCCCC1S(=O)c1cc(C)ccc1N. The first-order chi connectivity index (χ1) is 8.63. The summed E-state index contributed by atoms with van der Waals surface area (Å²) < 4.78 is 12.8. The fraction of sp³-hybridized carbons (Fsp3) is 0.600. The summed E-state index contributed by atoms with van der Waals surface area (Å²) in [7, 11) is -0.947. The Hall–Kier alpha value is -0.830. The number of hydrogen-bond donors (Lipinski definition) is 1. The lowest BCUT2D eigenvalue weighted by atomic mass is 9.87. The average Bonchev–Trinajstić information content (AvgIpc) is 2.40. The molecule has 1 fully saturated rings. The predicted molar refractivity (Wildman–Crippen MR) is 78.0 cm³/mol. The van der Waals surface area contributed by atoms with Gasteiger partial charge in [0.1, 0.15) is 0 Å². The summed E-state index contributed by atoms with van der Waals surface area (Å²) in [6, 6.07) is 5.85. The van der Waals surface area contributed by atoms with E-state index in [-0.39, 0.29) is 0 Å². The molecule has 1 aromatic rings. The molecule has 2 rings (SSSR count). The second-order valence-electron chi connectivity index (χ2n) is 5.33. The largest absolute Gasteiger partial charge is 0.398 e. The van der Waals surface area contributed by atoms with E-state index in [0.717, 1.165) is 23.3 Å². The van der Waals surface area contributed by atoms with Gasteiger partial charge in [-0.25, -0.2) is 0 Å². The van der Waals surface area contributed by atoms with E-state index in [9.17, 15) is 4.21 Å². The van der Waals surface area contributed by atoms with Crippen molar-refractivity contribution in [2.24, 2.45) is 5.92 Å². The van der Waals surface area contributed by atoms with Crippen LogP contribution in [0.25, 0.3) is 0 Å². The second-order valence-corrected chi connectivity index (χ2v) is 6.97. The highest BCUT2D eigenvalue weighted by Crippen LogP contribution is 2.34. The van der Waals surface area contributed by atoms with E-state index in [0.29, 0.717) is 16.9 Å². The normalized spacial score (nSPS) is 25.9. The van der Waals surface area contributed by atoms with Gasteiger partial charge in [-0.2, -0.15) is 0 Å². The number of nitrogens with two attached hydrogens (primary N) is 1. The molecule has 1 aliphatic rings. The zero-order valence-electron chi connectivity index (χ0n) is 11.3. The molecule has 0 saturated heterocycles. The van der Waals surface area contributed by atoms with Crippen LogP contribution in [0.1, 0.15) is 44.6 Å². The lowest BCUT2D eigenvalue weighted by molar-refractivity contribution is 0.355. The molecular formula is C15H23NOS. The molecule has 0 aliphatic heterocycles. The first-order valence-electron chi connectivity index (χ1n) is 6.90. The van der Waals surface area contributed by atoms with E-state index in [1.165, 1.54) is 19.3 Å². The highest BCUT2D eigenvalue weighted by Gasteiger charge is 2.30. The van der Waals surface area contributed by atoms with Crippen molar-refractivity contribution >= 4 is 16.5 Å². The number of rotatable bonds is 3. The lowest BCUT2D eigenvalue weighted by Gasteiger charge is -2.30. The van der Waals surface area contributed by atoms with Gasteiger partial charge in [0.05, 0.1) is 15.7 Å². The summed E-state index contributed by atoms with van der Waals surface area (Å²) in [5, 5.41) is 0.299. The highest BCUT2D eigenvalue weighted by molar-refractivity contribution is 7.85. The third-order valence-corrected chi connectivity index (χ3v) is 5.98. The molecule has 0 bridgehead atoms. The summed E-state index contributed by atoms with van der Waals surface area (Å²) in [5.74, 6) is 0.597. The summed E-state index contributed by atoms with van der Waals surface area (Å²) in [5.41, 5.74) is 7.81. The molecular weight excluding hydrogens is 242 g/mol. The van der Waals surface area contributed by atoms with Crippen molar-refractivity contribution in [3.63, 3.8) is 0 Å². The van der Waals surface area contributed by atoms with Crippen molar-refractivity contribution in [2.75, 3.05) is 5.73 Å². The predicted octanol–water partition coefficient (Wildman–Crippen LogP) is 3.65. The monoisotopic (exact) mass is 265 g/mol. The van der Waals surface area contributed by atoms with Crippen LogP contribution in [0, 0.1) is 12.8 Å². The van der Waals surface area contributed by atoms with Gasteiger partial charge in [-0.3, -0.25) is 4.21 Å². The third kappa shape index (κ3) is 2.77. The van der Waals surface area contributed by atoms with Crippen LogP contribution in [0.5, 0.6) is 0 Å². The molecule has 1 saturated carbocycles. The maximum absolute atomic E-state index is 12.8. The van der Waals surface area contributed by atoms with Crippen LogP contribution in [0.15, 0.2) is 23.1 Å². The van der Waals surface area contributed by atoms with Crippen molar-refractivity contribution in [2.45, 2.75) is 56.1 Å². The van der Waals surface area contributed by atoms with Crippen LogP contribution in [-0.2, 0) is 10.8 Å². The summed E-state index contributed by atoms with van der Waals surface area (Å²) in [6.45, 7) is 4.23. The van der Waals surface area contributed by atoms with Crippen LogP contribution in [0.2, 0.25) is 0 Å². The molecule has 1 aromatic carbocycles. The zero-order chi connectivity index (χ0) is 13.1. The molecule has 0 amide bonds. The molecule has 0 radical (unpaired) electrons. The standard InChI is InChI=1S/C15H23NOS/c1-3-12-6-4-5-7-14(12)18(17)15-10-11(2)8-9-13(15)16/h8-10,12,14H,3-7,16H2,1-2H3. The molecule has 100 valence electrons. The van der Waals surface area contributed by atoms with Crippen molar-refractivity contribution < 1.29 is 4.21 Å². The Morgan fingerprint density at radius 3 is 2.78 bits per heavy atom. The first-order valence-corrected chi connectivity index (χ1v) is 8.11. The molecule has 18 heavy (non-hydrogen) atoms. The summed E-state index contributed by atoms with van der Waals surface area (Å²) >= 11 is 0. The Kier molecular flexibility index (Phi) is 4.44. The molecule has 1 aliphatic carbocycles. The van der Waals surface area contributed by atoms with Gasteiger partial charge in [0.2, 0.25) is 0 Å². The Balaban J connectivity index is 2.26. The van der Waals surface area contributed by atoms with E-state index in [2.05, 4.69) is 6.92 Å². The van der Waals surface area contributed by atoms with Gasteiger partial charge in [0.15, 0.2) is 0 Å². The van der Waals surface area contributed by atoms with Gasteiger partial charge in [0, 0.05) is 10.9 Å². The van der Waals surface area contributed by atoms with Gasteiger partial charge >= 0.3 is 0 Å². The maximum Gasteiger partial charge on any atom is 0.0622 e. The zero-order valence-corrected chi connectivity index (χ0v) is 12.1. The number of hydrogen-bond acceptors (Lipinski definition) is 2. The average molecular weight is 265 g/mol. The van der Waals surface area contributed by atoms with Crippen LogP contribution < -0.4 is 5.73 Å². The summed E-state index contributed by atoms with van der Waals surface area (Å²) in [6.07, 6.45) is 5.92. The van der Waals surface area contributed by atoms with Gasteiger partial charge in [-0.1, -0.05) is 32.3 Å². The van der Waals surface area contributed by atoms with E-state index in [1.54, 1.807) is 0 Å². The molecule has 2 N–H and O–H groups in total. The Labute approximate surface area is 112 Å². The Bertz CT molecular complexity index is 444. The Morgan fingerprint density at radius 1 is 1.33 bits per heavy atom. The number of benzene rings is 1. The highest BCUT2D eigenvalue weighted by atomic mass is 32.2. The van der Waals surface area contributed by atoms with Crippen molar-refractivity contribution in [3.05, 3.63) is 23.8 Å². The first kappa shape index (κ1) is 13.6. The fourth-order valence-electron chi connectivity index (χ4n) is 2.90. The van der Waals surface area contributed by atoms with Crippen molar-refractivity contribution in [1.82, 2.24) is 0 Å². The number of anilines is 1. The molecule has 2 nitrogen and oxygen atoms in total. The van der Waals surface area contributed by atoms with E-state index < -0.39 is 10.8 Å². The minimum absolute atomic E-state index is 0.299. The van der Waals surface area contributed by atoms with Gasteiger partial charge in [0.25, 0.3) is 0 Å². The van der Waals surface area contributed by atoms with E-state index >= 15 is 0 Å². The van der Waals surface area contributed by atoms with Gasteiger partial charge in [-0.05, 0) is 43.4 Å². The lowest BCUT2D eigenvalue weighted by Crippen LogP contribution is -2.29. The van der Waals surface area contributed by atoms with Crippen LogP contribution in [0.4, 0.5) is 5.69 Å². The number of aryl methyl sites for hydroxylation is 1. The van der Waals surface area contributed by atoms with Crippen LogP contribution >= 0.6 is 0 Å². The van der Waals surface area contributed by atoms with E-state index in [4.69, 9.17) is 5.73 Å². The second kappa shape index (κ2) is 5.87. The molecule has 0 heterocycles. The Morgan fingerprint density at radius 2 is 2.06 bits per heavy atom. The van der Waals surface area contributed by atoms with E-state index in [1.807, 2.05) is 25.1 Å². The number of nitrogen functional groups attached to an aromatic ring is 1. The fourth-order valence-corrected chi connectivity index (χ4v) is 4.89.